The van der Waals surface area contributed by atoms with E-state index in [1.165, 1.54) is 0 Å². The molecule has 0 aromatic carbocycles. The SMILES string of the molecule is F.N.[AlH3].[H-].[K+]. The van der Waals surface area contributed by atoms with Crippen molar-refractivity contribution < 1.29 is 57.5 Å². The van der Waals surface area contributed by atoms with Gasteiger partial charge in [-0.3, -0.25) is 4.70 Å². The van der Waals surface area contributed by atoms with Gasteiger partial charge in [-0.15, -0.1) is 0 Å². The second kappa shape index (κ2) is 19.7. The molecule has 0 radical (unpaired) electrons. The molecule has 0 saturated carbocycles. The summed E-state index contributed by atoms with van der Waals surface area (Å²) in [5.41, 5.74) is 0. The zero-order valence-electron chi connectivity index (χ0n) is 3.12. The Bertz CT molecular complexity index is 11.6. The molecule has 4 heteroatoms. The molecule has 0 atom stereocenters. The summed E-state index contributed by atoms with van der Waals surface area (Å²) in [5.74, 6) is 0. The maximum atomic E-state index is 0. The van der Waals surface area contributed by atoms with Crippen LogP contribution in [0.15, 0.2) is 0 Å². The van der Waals surface area contributed by atoms with Crippen LogP contribution in [0.1, 0.15) is 1.43 Å². The third-order valence-corrected chi connectivity index (χ3v) is 0. The first kappa shape index (κ1) is 36.6. The number of hydrogen-bond acceptors (Lipinski definition) is 1. The van der Waals surface area contributed by atoms with Gasteiger partial charge in [-0.1, -0.05) is 0 Å². The Kier molecular flexibility index (Phi) is 180. The molecule has 0 aromatic rings. The summed E-state index contributed by atoms with van der Waals surface area (Å²) < 4.78 is 0. The van der Waals surface area contributed by atoms with Crippen LogP contribution in [0, 0.1) is 0 Å². The van der Waals surface area contributed by atoms with Crippen LogP contribution in [0.3, 0.4) is 0 Å². The summed E-state index contributed by atoms with van der Waals surface area (Å²) in [4.78, 5) is 0. The minimum Gasteiger partial charge on any atom is -1.00 e. The molecule has 0 rings (SSSR count). The summed E-state index contributed by atoms with van der Waals surface area (Å²) in [6.07, 6.45) is 0. The van der Waals surface area contributed by atoms with Crippen LogP contribution in [0.2, 0.25) is 0 Å². The Morgan fingerprint density at radius 3 is 1.25 bits per heavy atom. The van der Waals surface area contributed by atoms with Gasteiger partial charge in [-0.2, -0.15) is 0 Å². The van der Waals surface area contributed by atoms with E-state index >= 15 is 0 Å². The number of hydrogen-bond donors (Lipinski definition) is 1. The molecule has 0 amide bonds. The van der Waals surface area contributed by atoms with E-state index in [2.05, 4.69) is 0 Å². The van der Waals surface area contributed by atoms with E-state index in [0.29, 0.717) is 0 Å². The van der Waals surface area contributed by atoms with Gasteiger partial charge in [0, 0.05) is 0 Å². The average molecular weight is 107 g/mol. The van der Waals surface area contributed by atoms with Crippen molar-refractivity contribution >= 4 is 17.4 Å². The molecule has 0 aliphatic heterocycles. The topological polar surface area (TPSA) is 35.0 Å². The normalized spacial score (nSPS) is 0. The van der Waals surface area contributed by atoms with Gasteiger partial charge in [0.25, 0.3) is 0 Å². The van der Waals surface area contributed by atoms with Crippen molar-refractivity contribution in [3.05, 3.63) is 0 Å². The second-order valence-electron chi connectivity index (χ2n) is 0. The van der Waals surface area contributed by atoms with Gasteiger partial charge < -0.3 is 7.58 Å². The molecule has 24 valence electrons. The van der Waals surface area contributed by atoms with E-state index in [1.807, 2.05) is 0 Å². The van der Waals surface area contributed by atoms with Crippen molar-refractivity contribution in [1.82, 2.24) is 6.15 Å². The van der Waals surface area contributed by atoms with Crippen molar-refractivity contribution in [1.29, 1.82) is 0 Å². The predicted octanol–water partition coefficient (Wildman–Crippen LogP) is -3.75. The standard InChI is InChI=1S/Al.FH.K.H3N.4H/h;1H;;1H3;;;;/q;;+1;;;;;-1. The van der Waals surface area contributed by atoms with Crippen LogP contribution in [-0.2, 0) is 0 Å². The molecule has 0 unspecified atom stereocenters. The Hall–Kier alpha value is 2.06. The Morgan fingerprint density at radius 1 is 1.25 bits per heavy atom. The van der Waals surface area contributed by atoms with E-state index in [-0.39, 0.29) is 81.0 Å². The monoisotopic (exact) mass is 107 g/mol. The van der Waals surface area contributed by atoms with Crippen LogP contribution >= 0.6 is 0 Å². The molecule has 0 aromatic heterocycles. The quantitative estimate of drug-likeness (QED) is 0.317. The minimum absolute atomic E-state index is 0. The zero-order valence-corrected chi connectivity index (χ0v) is 5.24. The molecular weight excluding hydrogens is 99.1 g/mol. The maximum absolute atomic E-state index is 0. The summed E-state index contributed by atoms with van der Waals surface area (Å²) >= 11 is 0. The van der Waals surface area contributed by atoms with Crippen molar-refractivity contribution in [2.45, 2.75) is 0 Å². The molecule has 3 N–H and O–H groups in total. The van der Waals surface area contributed by atoms with Crippen molar-refractivity contribution in [3.8, 4) is 0 Å². The van der Waals surface area contributed by atoms with Gasteiger partial charge >= 0.3 is 51.4 Å². The van der Waals surface area contributed by atoms with Crippen LogP contribution in [0.4, 0.5) is 4.70 Å². The van der Waals surface area contributed by atoms with Crippen LogP contribution in [0.5, 0.6) is 0 Å². The fourth-order valence-electron chi connectivity index (χ4n) is 0. The van der Waals surface area contributed by atoms with Crippen LogP contribution < -0.4 is 57.5 Å². The maximum Gasteiger partial charge on any atom is 1.00 e. The van der Waals surface area contributed by atoms with Crippen molar-refractivity contribution in [2.75, 3.05) is 0 Å². The van der Waals surface area contributed by atoms with E-state index in [4.69, 9.17) is 0 Å². The molecule has 1 nitrogen and oxygen atoms in total. The molecular formula is H8AlFKN. The fourth-order valence-corrected chi connectivity index (χ4v) is 0. The predicted molar refractivity (Wildman–Crippen MR) is 18.6 cm³/mol. The van der Waals surface area contributed by atoms with E-state index in [1.54, 1.807) is 0 Å². The first-order valence-electron chi connectivity index (χ1n) is 0. The van der Waals surface area contributed by atoms with Gasteiger partial charge in [-0.25, -0.2) is 0 Å². The summed E-state index contributed by atoms with van der Waals surface area (Å²) in [5, 5.41) is 0. The smallest absolute Gasteiger partial charge is 1.00 e. The summed E-state index contributed by atoms with van der Waals surface area (Å²) in [6.45, 7) is 0. The third-order valence-electron chi connectivity index (χ3n) is 0. The molecule has 4 heavy (non-hydrogen) atoms. The molecule has 0 heterocycles. The first-order chi connectivity index (χ1) is 0. The van der Waals surface area contributed by atoms with Crippen LogP contribution in [0.25, 0.3) is 0 Å². The van der Waals surface area contributed by atoms with Crippen molar-refractivity contribution in [2.24, 2.45) is 0 Å². The van der Waals surface area contributed by atoms with Crippen molar-refractivity contribution in [3.63, 3.8) is 0 Å². The second-order valence-corrected chi connectivity index (χ2v) is 0. The zero-order chi connectivity index (χ0) is 0. The van der Waals surface area contributed by atoms with Crippen LogP contribution in [-0.4, -0.2) is 17.4 Å². The first-order valence-corrected chi connectivity index (χ1v) is 0. The van der Waals surface area contributed by atoms with Gasteiger partial charge in [0.1, 0.15) is 0 Å². The Balaban J connectivity index is 0. The molecule has 0 aliphatic carbocycles. The van der Waals surface area contributed by atoms with E-state index in [9.17, 15) is 0 Å². The number of rotatable bonds is 0. The summed E-state index contributed by atoms with van der Waals surface area (Å²) in [6, 6.07) is 0. The molecule has 0 bridgehead atoms. The van der Waals surface area contributed by atoms with E-state index in [0.717, 1.165) is 0 Å². The van der Waals surface area contributed by atoms with Gasteiger partial charge in [0.2, 0.25) is 0 Å². The average Bonchev–Trinajstić information content (AvgIpc) is 0. The van der Waals surface area contributed by atoms with Gasteiger partial charge in [0.05, 0.1) is 0 Å². The number of halogens is 1. The third kappa shape index (κ3) is 8.96. The minimum atomic E-state index is 0. The molecule has 0 spiro atoms. The van der Waals surface area contributed by atoms with Gasteiger partial charge in [-0.05, 0) is 0 Å². The molecule has 0 saturated heterocycles. The van der Waals surface area contributed by atoms with Gasteiger partial charge in [0.15, 0.2) is 17.4 Å². The Labute approximate surface area is 79.5 Å². The molecule has 0 fully saturated rings. The Morgan fingerprint density at radius 2 is 1.25 bits per heavy atom. The molecule has 0 aliphatic rings. The summed E-state index contributed by atoms with van der Waals surface area (Å²) in [7, 11) is 0. The fraction of sp³-hybridized carbons (Fsp3) is 0. The van der Waals surface area contributed by atoms with E-state index < -0.39 is 0 Å². The largest absolute Gasteiger partial charge is 1.00 e.